The average Bonchev–Trinajstić information content (AvgIpc) is 3.16. The highest BCUT2D eigenvalue weighted by Gasteiger charge is 2.43. The number of hydrogen-bond donors (Lipinski definition) is 1. The molecule has 2 heterocycles. The van der Waals surface area contributed by atoms with Gasteiger partial charge in [-0.25, -0.2) is 0 Å². The molecule has 0 radical (unpaired) electrons. The van der Waals surface area contributed by atoms with E-state index in [1.165, 1.54) is 33.9 Å². The van der Waals surface area contributed by atoms with Crippen LogP contribution in [0.15, 0.2) is 84.6 Å². The standard InChI is InChI=1S/C30H37N2O.ClH/c1-6-31-25-17-12-10-15-23(25)29(2,3)27(31)19-8-7-9-20-28-30(4,5)24-16-11-13-18-26(24)32(28)21-14-22-33;/h7-13,15-20,33H,6,14,21-22H2,1-5H3;1H/q+1;/p-1. The summed E-state index contributed by atoms with van der Waals surface area (Å²) >= 11 is 0. The highest BCUT2D eigenvalue weighted by molar-refractivity contribution is 6.03. The average molecular weight is 477 g/mol. The number of halogens is 1. The van der Waals surface area contributed by atoms with Gasteiger partial charge in [-0.2, -0.15) is 4.58 Å². The SMILES string of the molecule is CCN1C(=CC=CC=CC2=[N+](CCCO)c3ccccc3C2(C)C)C(C)(C)c2ccccc21.[Cl-]. The molecule has 0 saturated heterocycles. The van der Waals surface area contributed by atoms with Crippen molar-refractivity contribution in [2.45, 2.75) is 51.9 Å². The lowest BCUT2D eigenvalue weighted by Gasteiger charge is -2.25. The number of nitrogens with zero attached hydrogens (tertiary/aromatic N) is 2. The minimum absolute atomic E-state index is 0. The zero-order chi connectivity index (χ0) is 23.6. The molecule has 0 amide bonds. The molecular formula is C30H37ClN2O. The Labute approximate surface area is 211 Å². The number of para-hydroxylation sites is 2. The van der Waals surface area contributed by atoms with Crippen molar-refractivity contribution < 1.29 is 22.1 Å². The maximum atomic E-state index is 9.41. The summed E-state index contributed by atoms with van der Waals surface area (Å²) in [6, 6.07) is 17.4. The van der Waals surface area contributed by atoms with E-state index in [1.54, 1.807) is 0 Å². The molecule has 180 valence electrons. The number of benzene rings is 2. The first-order chi connectivity index (χ1) is 15.8. The van der Waals surface area contributed by atoms with Gasteiger partial charge in [0.1, 0.15) is 0 Å². The summed E-state index contributed by atoms with van der Waals surface area (Å²) in [4.78, 5) is 2.42. The van der Waals surface area contributed by atoms with Crippen molar-refractivity contribution in [3.63, 3.8) is 0 Å². The van der Waals surface area contributed by atoms with E-state index in [0.717, 1.165) is 19.5 Å². The van der Waals surface area contributed by atoms with Crippen LogP contribution in [0.25, 0.3) is 0 Å². The second kappa shape index (κ2) is 10.3. The number of hydrogen-bond acceptors (Lipinski definition) is 2. The summed E-state index contributed by atoms with van der Waals surface area (Å²) in [6.07, 6.45) is 11.7. The molecule has 34 heavy (non-hydrogen) atoms. The van der Waals surface area contributed by atoms with Crippen molar-refractivity contribution in [3.8, 4) is 0 Å². The van der Waals surface area contributed by atoms with E-state index < -0.39 is 0 Å². The van der Waals surface area contributed by atoms with Crippen LogP contribution in [0.1, 0.15) is 52.2 Å². The minimum atomic E-state index is -0.0665. The number of anilines is 1. The van der Waals surface area contributed by atoms with Gasteiger partial charge in [-0.1, -0.05) is 68.5 Å². The summed E-state index contributed by atoms with van der Waals surface area (Å²) in [5.41, 5.74) is 7.85. The lowest BCUT2D eigenvalue weighted by molar-refractivity contribution is -0.438. The van der Waals surface area contributed by atoms with Crippen LogP contribution in [-0.4, -0.2) is 35.1 Å². The quantitative estimate of drug-likeness (QED) is 0.490. The van der Waals surface area contributed by atoms with Gasteiger partial charge < -0.3 is 22.4 Å². The molecule has 0 unspecified atom stereocenters. The largest absolute Gasteiger partial charge is 1.00 e. The van der Waals surface area contributed by atoms with E-state index in [9.17, 15) is 5.11 Å². The van der Waals surface area contributed by atoms with E-state index in [2.05, 4.69) is 123 Å². The van der Waals surface area contributed by atoms with Gasteiger partial charge in [-0.3, -0.25) is 0 Å². The monoisotopic (exact) mass is 476 g/mol. The lowest BCUT2D eigenvalue weighted by atomic mass is 9.81. The molecule has 2 aromatic rings. The van der Waals surface area contributed by atoms with Crippen molar-refractivity contribution in [1.82, 2.24) is 0 Å². The lowest BCUT2D eigenvalue weighted by Crippen LogP contribution is -3.00. The molecule has 3 nitrogen and oxygen atoms in total. The molecule has 2 aliphatic heterocycles. The van der Waals surface area contributed by atoms with Crippen molar-refractivity contribution in [2.24, 2.45) is 0 Å². The Kier molecular flexibility index (Phi) is 7.90. The fraction of sp³-hybridized carbons (Fsp3) is 0.367. The molecule has 2 aromatic carbocycles. The normalized spacial score (nSPS) is 19.2. The van der Waals surface area contributed by atoms with E-state index in [0.29, 0.717) is 0 Å². The van der Waals surface area contributed by atoms with Crippen LogP contribution in [0.3, 0.4) is 0 Å². The Balaban J connectivity index is 0.00000324. The van der Waals surface area contributed by atoms with Crippen LogP contribution in [0, 0.1) is 0 Å². The predicted octanol–water partition coefficient (Wildman–Crippen LogP) is 3.26. The van der Waals surface area contributed by atoms with Gasteiger partial charge in [0, 0.05) is 54.1 Å². The highest BCUT2D eigenvalue weighted by atomic mass is 35.5. The second-order valence-electron chi connectivity index (χ2n) is 9.94. The van der Waals surface area contributed by atoms with E-state index >= 15 is 0 Å². The molecule has 4 rings (SSSR count). The van der Waals surface area contributed by atoms with Crippen LogP contribution in [0.4, 0.5) is 11.4 Å². The molecule has 0 aromatic heterocycles. The smallest absolute Gasteiger partial charge is 0.209 e. The Morgan fingerprint density at radius 3 is 2.26 bits per heavy atom. The van der Waals surface area contributed by atoms with Gasteiger partial charge in [-0.15, -0.1) is 0 Å². The molecule has 0 aliphatic carbocycles. The molecule has 0 fully saturated rings. The summed E-state index contributed by atoms with van der Waals surface area (Å²) in [7, 11) is 0. The topological polar surface area (TPSA) is 26.5 Å². The Morgan fingerprint density at radius 2 is 1.56 bits per heavy atom. The van der Waals surface area contributed by atoms with Crippen molar-refractivity contribution in [3.05, 3.63) is 95.7 Å². The van der Waals surface area contributed by atoms with Crippen LogP contribution >= 0.6 is 0 Å². The van der Waals surface area contributed by atoms with Gasteiger partial charge in [0.25, 0.3) is 0 Å². The highest BCUT2D eigenvalue weighted by Crippen LogP contribution is 2.47. The molecule has 0 atom stereocenters. The third-order valence-electron chi connectivity index (χ3n) is 7.19. The summed E-state index contributed by atoms with van der Waals surface area (Å²) in [6.45, 7) is 13.4. The van der Waals surface area contributed by atoms with Crippen LogP contribution in [-0.2, 0) is 10.8 Å². The third kappa shape index (κ3) is 4.39. The zero-order valence-corrected chi connectivity index (χ0v) is 21.8. The number of aliphatic hydroxyl groups excluding tert-OH is 1. The number of aliphatic hydroxyl groups is 1. The van der Waals surface area contributed by atoms with Crippen molar-refractivity contribution in [1.29, 1.82) is 0 Å². The molecule has 2 aliphatic rings. The van der Waals surface area contributed by atoms with Gasteiger partial charge in [0.15, 0.2) is 12.3 Å². The number of rotatable bonds is 7. The number of likely N-dealkylation sites (N-methyl/N-ethyl adjacent to an activating group) is 1. The zero-order valence-electron chi connectivity index (χ0n) is 21.1. The molecule has 0 bridgehead atoms. The van der Waals surface area contributed by atoms with Gasteiger partial charge in [0.05, 0.1) is 5.41 Å². The maximum absolute atomic E-state index is 9.41. The first-order valence-electron chi connectivity index (χ1n) is 12.1. The fourth-order valence-corrected chi connectivity index (χ4v) is 5.45. The Bertz CT molecular complexity index is 1150. The molecular weight excluding hydrogens is 440 g/mol. The van der Waals surface area contributed by atoms with Crippen LogP contribution in [0.2, 0.25) is 0 Å². The summed E-state index contributed by atoms with van der Waals surface area (Å²) in [5.74, 6) is 0. The van der Waals surface area contributed by atoms with Gasteiger partial charge in [-0.05, 0) is 38.5 Å². The van der Waals surface area contributed by atoms with Gasteiger partial charge >= 0.3 is 0 Å². The summed E-state index contributed by atoms with van der Waals surface area (Å²) in [5, 5.41) is 9.41. The molecule has 0 saturated carbocycles. The Hall–Kier alpha value is -2.62. The number of fused-ring (bicyclic) bond motifs is 2. The van der Waals surface area contributed by atoms with Crippen LogP contribution < -0.4 is 17.3 Å². The van der Waals surface area contributed by atoms with E-state index in [1.807, 2.05) is 0 Å². The van der Waals surface area contributed by atoms with E-state index in [4.69, 9.17) is 0 Å². The second-order valence-corrected chi connectivity index (χ2v) is 9.94. The van der Waals surface area contributed by atoms with Crippen LogP contribution in [0.5, 0.6) is 0 Å². The van der Waals surface area contributed by atoms with E-state index in [-0.39, 0.29) is 29.8 Å². The Morgan fingerprint density at radius 1 is 0.882 bits per heavy atom. The fourth-order valence-electron chi connectivity index (χ4n) is 5.45. The molecule has 4 heteroatoms. The summed E-state index contributed by atoms with van der Waals surface area (Å²) < 4.78 is 2.36. The molecule has 1 N–H and O–H groups in total. The first-order valence-corrected chi connectivity index (χ1v) is 12.1. The maximum Gasteiger partial charge on any atom is 0.209 e. The predicted molar refractivity (Wildman–Crippen MR) is 140 cm³/mol. The number of allylic oxidation sites excluding steroid dienone is 6. The van der Waals surface area contributed by atoms with Gasteiger partial charge in [0.2, 0.25) is 5.69 Å². The minimum Gasteiger partial charge on any atom is -1.00 e. The first kappa shape index (κ1) is 26.0. The third-order valence-corrected chi connectivity index (χ3v) is 7.19. The molecule has 0 spiro atoms. The van der Waals surface area contributed by atoms with Crippen molar-refractivity contribution >= 4 is 17.1 Å². The van der Waals surface area contributed by atoms with Crippen molar-refractivity contribution in [2.75, 3.05) is 24.6 Å².